The Balaban J connectivity index is 1.85. The van der Waals surface area contributed by atoms with Crippen LogP contribution in [-0.4, -0.2) is 40.8 Å². The molecule has 7 heteroatoms. The van der Waals surface area contributed by atoms with Crippen LogP contribution >= 0.6 is 11.3 Å². The zero-order valence-electron chi connectivity index (χ0n) is 16.6. The van der Waals surface area contributed by atoms with Gasteiger partial charge in [0.25, 0.3) is 11.7 Å². The highest BCUT2D eigenvalue weighted by Gasteiger charge is 2.46. The van der Waals surface area contributed by atoms with Crippen LogP contribution in [0, 0.1) is 0 Å². The second-order valence-corrected chi connectivity index (χ2v) is 8.27. The Bertz CT molecular complexity index is 1090. The number of carbonyl (C=O) groups is 2. The molecule has 1 atom stereocenters. The molecular weight excluding hydrogens is 398 g/mol. The number of nitrogens with zero attached hydrogens (tertiary/aromatic N) is 3. The maximum Gasteiger partial charge on any atom is 0.295 e. The molecule has 30 heavy (non-hydrogen) atoms. The fourth-order valence-corrected chi connectivity index (χ4v) is 4.28. The molecule has 4 rings (SSSR count). The molecule has 1 unspecified atom stereocenters. The third kappa shape index (κ3) is 3.59. The third-order valence-corrected chi connectivity index (χ3v) is 5.97. The van der Waals surface area contributed by atoms with Crippen molar-refractivity contribution in [1.82, 2.24) is 9.88 Å². The zero-order chi connectivity index (χ0) is 21.3. The summed E-state index contributed by atoms with van der Waals surface area (Å²) in [5, 5.41) is 12.9. The molecule has 1 aromatic carbocycles. The minimum absolute atomic E-state index is 0.0853. The molecule has 1 aliphatic rings. The highest BCUT2D eigenvalue weighted by Crippen LogP contribution is 2.40. The van der Waals surface area contributed by atoms with Crippen molar-refractivity contribution < 1.29 is 14.7 Å². The Morgan fingerprint density at radius 1 is 1.13 bits per heavy atom. The lowest BCUT2D eigenvalue weighted by molar-refractivity contribution is -0.140. The van der Waals surface area contributed by atoms with Crippen LogP contribution in [-0.2, 0) is 16.1 Å². The predicted molar refractivity (Wildman–Crippen MR) is 117 cm³/mol. The highest BCUT2D eigenvalue weighted by atomic mass is 32.1. The van der Waals surface area contributed by atoms with E-state index >= 15 is 0 Å². The molecule has 0 radical (unpaired) electrons. The normalized spacial score (nSPS) is 18.1. The summed E-state index contributed by atoms with van der Waals surface area (Å²) >= 11 is 1.52. The summed E-state index contributed by atoms with van der Waals surface area (Å²) in [6, 6.07) is 14.2. The van der Waals surface area contributed by atoms with Crippen LogP contribution in [0.25, 0.3) is 5.76 Å². The quantitative estimate of drug-likeness (QED) is 0.387. The van der Waals surface area contributed by atoms with Gasteiger partial charge in [0.15, 0.2) is 0 Å². The fourth-order valence-electron chi connectivity index (χ4n) is 3.57. The van der Waals surface area contributed by atoms with Crippen LogP contribution < -0.4 is 4.90 Å². The molecule has 152 valence electrons. The van der Waals surface area contributed by atoms with E-state index in [1.807, 2.05) is 60.8 Å². The molecule has 0 aliphatic carbocycles. The Kier molecular flexibility index (Phi) is 5.37. The first-order chi connectivity index (χ1) is 14.5. The van der Waals surface area contributed by atoms with E-state index in [2.05, 4.69) is 4.98 Å². The van der Waals surface area contributed by atoms with Crippen molar-refractivity contribution in [2.24, 2.45) is 0 Å². The fraction of sp³-hybridized carbons (Fsp3) is 0.174. The van der Waals surface area contributed by atoms with Gasteiger partial charge in [-0.05, 0) is 41.3 Å². The third-order valence-electron chi connectivity index (χ3n) is 5.11. The number of carbonyl (C=O) groups excluding carboxylic acids is 2. The standard InChI is InChI=1S/C23H21N3O3S/c1-25(2)17-9-7-15(8-10-17)20-19(21(27)16-5-3-11-24-13-16)22(28)23(29)26(20)14-18-6-4-12-30-18/h3-13,20,27H,14H2,1-2H3/b21-19+. The van der Waals surface area contributed by atoms with Crippen LogP contribution in [0.1, 0.15) is 22.0 Å². The lowest BCUT2D eigenvalue weighted by Crippen LogP contribution is -2.28. The van der Waals surface area contributed by atoms with E-state index in [1.54, 1.807) is 18.3 Å². The van der Waals surface area contributed by atoms with Gasteiger partial charge in [0.1, 0.15) is 5.76 Å². The van der Waals surface area contributed by atoms with Crippen molar-refractivity contribution in [2.45, 2.75) is 12.6 Å². The number of anilines is 1. The van der Waals surface area contributed by atoms with Crippen molar-refractivity contribution in [3.8, 4) is 0 Å². The first-order valence-corrected chi connectivity index (χ1v) is 10.3. The molecule has 6 nitrogen and oxygen atoms in total. The molecule has 3 aromatic rings. The lowest BCUT2D eigenvalue weighted by atomic mass is 9.95. The van der Waals surface area contributed by atoms with E-state index in [0.717, 1.165) is 16.1 Å². The Morgan fingerprint density at radius 3 is 2.50 bits per heavy atom. The largest absolute Gasteiger partial charge is 0.507 e. The van der Waals surface area contributed by atoms with Gasteiger partial charge in [-0.25, -0.2) is 0 Å². The van der Waals surface area contributed by atoms with Gasteiger partial charge in [-0.3, -0.25) is 14.6 Å². The monoisotopic (exact) mass is 419 g/mol. The number of aliphatic hydroxyl groups is 1. The smallest absolute Gasteiger partial charge is 0.295 e. The Morgan fingerprint density at radius 2 is 1.90 bits per heavy atom. The maximum atomic E-state index is 13.0. The molecule has 1 aliphatic heterocycles. The van der Waals surface area contributed by atoms with Crippen LogP contribution in [0.3, 0.4) is 0 Å². The van der Waals surface area contributed by atoms with Crippen molar-refractivity contribution in [1.29, 1.82) is 0 Å². The number of Topliss-reactive ketones (excluding diaryl/α,β-unsaturated/α-hetero) is 1. The van der Waals surface area contributed by atoms with Gasteiger partial charge in [0.2, 0.25) is 0 Å². The topological polar surface area (TPSA) is 73.7 Å². The second kappa shape index (κ2) is 8.12. The molecule has 0 bridgehead atoms. The van der Waals surface area contributed by atoms with Gasteiger partial charge in [0, 0.05) is 42.6 Å². The Labute approximate surface area is 178 Å². The van der Waals surface area contributed by atoms with Gasteiger partial charge in [-0.1, -0.05) is 18.2 Å². The van der Waals surface area contributed by atoms with Gasteiger partial charge >= 0.3 is 0 Å². The van der Waals surface area contributed by atoms with Crippen molar-refractivity contribution in [3.63, 3.8) is 0 Å². The first-order valence-electron chi connectivity index (χ1n) is 9.46. The lowest BCUT2D eigenvalue weighted by Gasteiger charge is -2.25. The summed E-state index contributed by atoms with van der Waals surface area (Å²) in [6.45, 7) is 0.298. The molecule has 0 spiro atoms. The predicted octanol–water partition coefficient (Wildman–Crippen LogP) is 3.83. The molecule has 1 fully saturated rings. The van der Waals surface area contributed by atoms with Gasteiger partial charge in [-0.2, -0.15) is 0 Å². The van der Waals surface area contributed by atoms with Crippen LogP contribution in [0.2, 0.25) is 0 Å². The minimum atomic E-state index is -0.686. The molecular formula is C23H21N3O3S. The van der Waals surface area contributed by atoms with Gasteiger partial charge in [0.05, 0.1) is 18.2 Å². The molecule has 2 aromatic heterocycles. The number of amides is 1. The van der Waals surface area contributed by atoms with Crippen molar-refractivity contribution >= 4 is 34.5 Å². The van der Waals surface area contributed by atoms with Crippen molar-refractivity contribution in [2.75, 3.05) is 19.0 Å². The molecule has 1 amide bonds. The zero-order valence-corrected chi connectivity index (χ0v) is 17.5. The molecule has 1 saturated heterocycles. The van der Waals surface area contributed by atoms with E-state index in [4.69, 9.17) is 0 Å². The number of aromatic nitrogens is 1. The van der Waals surface area contributed by atoms with E-state index in [-0.39, 0.29) is 11.3 Å². The summed E-state index contributed by atoms with van der Waals surface area (Å²) in [4.78, 5) is 34.4. The van der Waals surface area contributed by atoms with Gasteiger partial charge < -0.3 is 14.9 Å². The summed E-state index contributed by atoms with van der Waals surface area (Å²) in [6.07, 6.45) is 3.07. The number of benzene rings is 1. The van der Waals surface area contributed by atoms with Crippen LogP contribution in [0.15, 0.2) is 71.9 Å². The van der Waals surface area contributed by atoms with Gasteiger partial charge in [-0.15, -0.1) is 11.3 Å². The minimum Gasteiger partial charge on any atom is -0.507 e. The first kappa shape index (κ1) is 19.8. The van der Waals surface area contributed by atoms with E-state index < -0.39 is 17.7 Å². The SMILES string of the molecule is CN(C)c1ccc(C2/C(=C(\O)c3cccnc3)C(=O)C(=O)N2Cc2cccs2)cc1. The Hall–Kier alpha value is -3.45. The molecule has 3 heterocycles. The number of hydrogen-bond acceptors (Lipinski definition) is 6. The maximum absolute atomic E-state index is 13.0. The summed E-state index contributed by atoms with van der Waals surface area (Å²) < 4.78 is 0. The number of pyridine rings is 1. The van der Waals surface area contributed by atoms with Crippen LogP contribution in [0.5, 0.6) is 0 Å². The summed E-state index contributed by atoms with van der Waals surface area (Å²) in [5.74, 6) is -1.51. The average molecular weight is 420 g/mol. The number of likely N-dealkylation sites (tertiary alicyclic amines) is 1. The highest BCUT2D eigenvalue weighted by molar-refractivity contribution is 7.09. The number of thiophene rings is 1. The van der Waals surface area contributed by atoms with Crippen LogP contribution in [0.4, 0.5) is 5.69 Å². The molecule has 1 N–H and O–H groups in total. The van der Waals surface area contributed by atoms with E-state index in [1.165, 1.54) is 22.4 Å². The van der Waals surface area contributed by atoms with E-state index in [9.17, 15) is 14.7 Å². The average Bonchev–Trinajstić information content (AvgIpc) is 3.36. The summed E-state index contributed by atoms with van der Waals surface area (Å²) in [5.41, 5.74) is 2.26. The number of ketones is 1. The van der Waals surface area contributed by atoms with Crippen molar-refractivity contribution in [3.05, 3.63) is 87.9 Å². The summed E-state index contributed by atoms with van der Waals surface area (Å²) in [7, 11) is 3.89. The number of hydrogen-bond donors (Lipinski definition) is 1. The number of aliphatic hydroxyl groups excluding tert-OH is 1. The molecule has 0 saturated carbocycles. The second-order valence-electron chi connectivity index (χ2n) is 7.23. The number of rotatable bonds is 5. The van der Waals surface area contributed by atoms with E-state index in [0.29, 0.717) is 12.1 Å².